The van der Waals surface area contributed by atoms with Gasteiger partial charge < -0.3 is 0 Å². The molecule has 0 aliphatic carbocycles. The molecule has 2 nitrogen and oxygen atoms in total. The molecule has 0 bridgehead atoms. The zero-order chi connectivity index (χ0) is 14.5. The van der Waals surface area contributed by atoms with Crippen LogP contribution in [0.3, 0.4) is 0 Å². The normalized spacial score (nSPS) is 10.3. The number of rotatable bonds is 5. The Labute approximate surface area is 127 Å². The van der Waals surface area contributed by atoms with Crippen molar-refractivity contribution in [1.82, 2.24) is 0 Å². The maximum absolute atomic E-state index is 12.0. The van der Waals surface area contributed by atoms with Crippen LogP contribution in [-0.4, -0.2) is 11.6 Å². The molecule has 0 N–H and O–H groups in total. The summed E-state index contributed by atoms with van der Waals surface area (Å²) >= 11 is 11.9. The summed E-state index contributed by atoms with van der Waals surface area (Å²) in [5, 5.41) is 0.811. The van der Waals surface area contributed by atoms with Crippen molar-refractivity contribution in [3.8, 4) is 0 Å². The van der Waals surface area contributed by atoms with Gasteiger partial charge in [0.2, 0.25) is 0 Å². The summed E-state index contributed by atoms with van der Waals surface area (Å²) in [5.74, 6) is -0.285. The topological polar surface area (TPSA) is 34.1 Å². The van der Waals surface area contributed by atoms with Crippen molar-refractivity contribution in [1.29, 1.82) is 0 Å². The van der Waals surface area contributed by atoms with Crippen molar-refractivity contribution in [2.75, 3.05) is 0 Å². The van der Waals surface area contributed by atoms with E-state index in [0.717, 1.165) is 0 Å². The molecule has 2 aromatic carbocycles. The molecular formula is C16H12Cl2O2. The number of ketones is 2. The Hall–Kier alpha value is -1.64. The second-order valence-corrected chi connectivity index (χ2v) is 5.12. The van der Waals surface area contributed by atoms with Crippen LogP contribution < -0.4 is 0 Å². The molecule has 0 aromatic heterocycles. The Morgan fingerprint density at radius 1 is 0.700 bits per heavy atom. The van der Waals surface area contributed by atoms with Crippen LogP contribution in [0.5, 0.6) is 0 Å². The Bertz CT molecular complexity index is 593. The average molecular weight is 307 g/mol. The molecular weight excluding hydrogens is 295 g/mol. The summed E-state index contributed by atoms with van der Waals surface area (Å²) in [5.41, 5.74) is 0.891. The quantitative estimate of drug-likeness (QED) is 0.741. The van der Waals surface area contributed by atoms with Gasteiger partial charge in [-0.25, -0.2) is 0 Å². The molecule has 0 fully saturated rings. The first-order valence-electron chi connectivity index (χ1n) is 6.15. The van der Waals surface area contributed by atoms with E-state index in [9.17, 15) is 9.59 Å². The Kier molecular flexibility index (Phi) is 4.94. The van der Waals surface area contributed by atoms with Gasteiger partial charge in [-0.15, -0.1) is 0 Å². The molecule has 20 heavy (non-hydrogen) atoms. The van der Waals surface area contributed by atoms with Crippen LogP contribution >= 0.6 is 23.2 Å². The van der Waals surface area contributed by atoms with Crippen molar-refractivity contribution in [3.05, 3.63) is 69.7 Å². The van der Waals surface area contributed by atoms with E-state index in [-0.39, 0.29) is 24.4 Å². The molecule has 0 radical (unpaired) electrons. The molecule has 0 unspecified atom stereocenters. The molecule has 0 atom stereocenters. The third-order valence-electron chi connectivity index (χ3n) is 2.93. The Morgan fingerprint density at radius 3 is 1.40 bits per heavy atom. The van der Waals surface area contributed by atoms with Gasteiger partial charge in [0.1, 0.15) is 0 Å². The van der Waals surface area contributed by atoms with E-state index in [0.29, 0.717) is 21.2 Å². The molecule has 0 saturated carbocycles. The van der Waals surface area contributed by atoms with Crippen molar-refractivity contribution in [3.63, 3.8) is 0 Å². The lowest BCUT2D eigenvalue weighted by Gasteiger charge is -2.04. The van der Waals surface area contributed by atoms with Crippen LogP contribution in [0.25, 0.3) is 0 Å². The van der Waals surface area contributed by atoms with E-state index in [1.165, 1.54) is 0 Å². The van der Waals surface area contributed by atoms with E-state index >= 15 is 0 Å². The second kappa shape index (κ2) is 6.69. The zero-order valence-corrected chi connectivity index (χ0v) is 12.1. The van der Waals surface area contributed by atoms with Crippen molar-refractivity contribution < 1.29 is 9.59 Å². The number of halogens is 2. The number of benzene rings is 2. The summed E-state index contributed by atoms with van der Waals surface area (Å²) in [6, 6.07) is 13.6. The zero-order valence-electron chi connectivity index (χ0n) is 10.6. The first-order valence-corrected chi connectivity index (χ1v) is 6.90. The molecule has 4 heteroatoms. The maximum atomic E-state index is 12.0. The van der Waals surface area contributed by atoms with Crippen LogP contribution in [0.15, 0.2) is 48.5 Å². The van der Waals surface area contributed by atoms with E-state index in [2.05, 4.69) is 0 Å². The highest BCUT2D eigenvalue weighted by atomic mass is 35.5. The first kappa shape index (κ1) is 14.8. The fraction of sp³-hybridized carbons (Fsp3) is 0.125. The summed E-state index contributed by atoms with van der Waals surface area (Å²) in [4.78, 5) is 24.0. The molecule has 0 amide bonds. The van der Waals surface area contributed by atoms with Crippen LogP contribution in [0.2, 0.25) is 10.0 Å². The fourth-order valence-electron chi connectivity index (χ4n) is 1.87. The standard InChI is InChI=1S/C16H12Cl2O2/c17-13-7-3-1-5-11(13)15(19)9-10-16(20)12-6-2-4-8-14(12)18/h1-8H,9-10H2. The molecule has 0 saturated heterocycles. The minimum absolute atomic E-state index is 0.119. The van der Waals surface area contributed by atoms with Crippen molar-refractivity contribution >= 4 is 34.8 Å². The van der Waals surface area contributed by atoms with Gasteiger partial charge in [0.05, 0.1) is 10.0 Å². The number of carbonyl (C=O) groups is 2. The SMILES string of the molecule is O=C(CCC(=O)c1ccccc1Cl)c1ccccc1Cl. The molecule has 0 spiro atoms. The van der Waals surface area contributed by atoms with Gasteiger partial charge in [0.15, 0.2) is 11.6 Å². The minimum atomic E-state index is -0.143. The van der Waals surface area contributed by atoms with Gasteiger partial charge in [-0.3, -0.25) is 9.59 Å². The Morgan fingerprint density at radius 2 is 1.05 bits per heavy atom. The molecule has 0 aliphatic heterocycles. The highest BCUT2D eigenvalue weighted by molar-refractivity contribution is 6.34. The van der Waals surface area contributed by atoms with Gasteiger partial charge >= 0.3 is 0 Å². The van der Waals surface area contributed by atoms with Crippen LogP contribution in [0, 0.1) is 0 Å². The number of hydrogen-bond acceptors (Lipinski definition) is 2. The summed E-state index contributed by atoms with van der Waals surface area (Å²) in [6.45, 7) is 0. The van der Waals surface area contributed by atoms with Gasteiger partial charge in [0, 0.05) is 24.0 Å². The summed E-state index contributed by atoms with van der Waals surface area (Å²) in [7, 11) is 0. The van der Waals surface area contributed by atoms with Crippen molar-refractivity contribution in [2.24, 2.45) is 0 Å². The third-order valence-corrected chi connectivity index (χ3v) is 3.59. The molecule has 0 aliphatic rings. The van der Waals surface area contributed by atoms with Gasteiger partial charge in [0.25, 0.3) is 0 Å². The predicted molar refractivity (Wildman–Crippen MR) is 80.8 cm³/mol. The van der Waals surface area contributed by atoms with Crippen molar-refractivity contribution in [2.45, 2.75) is 12.8 Å². The Balaban J connectivity index is 2.03. The number of Topliss-reactive ketones (excluding diaryl/α,β-unsaturated/α-hetero) is 2. The third kappa shape index (κ3) is 3.47. The fourth-order valence-corrected chi connectivity index (χ4v) is 2.35. The smallest absolute Gasteiger partial charge is 0.164 e. The monoisotopic (exact) mass is 306 g/mol. The number of hydrogen-bond donors (Lipinski definition) is 0. The summed E-state index contributed by atoms with van der Waals surface area (Å²) < 4.78 is 0. The highest BCUT2D eigenvalue weighted by Crippen LogP contribution is 2.20. The van der Waals surface area contributed by atoms with Crippen LogP contribution in [-0.2, 0) is 0 Å². The maximum Gasteiger partial charge on any atom is 0.164 e. The molecule has 102 valence electrons. The highest BCUT2D eigenvalue weighted by Gasteiger charge is 2.14. The lowest BCUT2D eigenvalue weighted by molar-refractivity contribution is 0.0917. The lowest BCUT2D eigenvalue weighted by Crippen LogP contribution is -2.06. The van der Waals surface area contributed by atoms with E-state index < -0.39 is 0 Å². The predicted octanol–water partition coefficient (Wildman–Crippen LogP) is 4.84. The summed E-state index contributed by atoms with van der Waals surface area (Å²) in [6.07, 6.45) is 0.238. The van der Waals surface area contributed by atoms with E-state index in [4.69, 9.17) is 23.2 Å². The van der Waals surface area contributed by atoms with E-state index in [1.807, 2.05) is 0 Å². The largest absolute Gasteiger partial charge is 0.294 e. The van der Waals surface area contributed by atoms with Gasteiger partial charge in [-0.2, -0.15) is 0 Å². The average Bonchev–Trinajstić information content (AvgIpc) is 2.45. The van der Waals surface area contributed by atoms with Gasteiger partial charge in [-0.05, 0) is 24.3 Å². The van der Waals surface area contributed by atoms with E-state index in [1.54, 1.807) is 48.5 Å². The number of carbonyl (C=O) groups excluding carboxylic acids is 2. The van der Waals surface area contributed by atoms with Gasteiger partial charge in [-0.1, -0.05) is 47.5 Å². The second-order valence-electron chi connectivity index (χ2n) is 4.31. The molecule has 2 aromatic rings. The molecule has 0 heterocycles. The minimum Gasteiger partial charge on any atom is -0.294 e. The van der Waals surface area contributed by atoms with Crippen LogP contribution in [0.4, 0.5) is 0 Å². The lowest BCUT2D eigenvalue weighted by atomic mass is 10.0. The first-order chi connectivity index (χ1) is 9.59. The molecule has 2 rings (SSSR count). The van der Waals surface area contributed by atoms with Crippen LogP contribution in [0.1, 0.15) is 33.6 Å².